The molecule has 6 nitrogen and oxygen atoms in total. The van der Waals surface area contributed by atoms with Crippen molar-refractivity contribution in [1.82, 2.24) is 9.80 Å². The van der Waals surface area contributed by atoms with Crippen LogP contribution in [0.25, 0.3) is 0 Å². The van der Waals surface area contributed by atoms with Crippen LogP contribution in [0.15, 0.2) is 0 Å². The molecule has 0 rings (SSSR count). The Morgan fingerprint density at radius 2 is 1.90 bits per heavy atom. The second-order valence-corrected chi connectivity index (χ2v) is 4.91. The lowest BCUT2D eigenvalue weighted by molar-refractivity contribution is -0.138. The van der Waals surface area contributed by atoms with Gasteiger partial charge < -0.3 is 19.5 Å². The molecule has 0 fully saturated rings. The fraction of sp³-hybridized carbons (Fsp3) is 0.929. The number of carboxylic acids is 1. The van der Waals surface area contributed by atoms with Crippen LogP contribution in [0.2, 0.25) is 0 Å². The first-order chi connectivity index (χ1) is 9.49. The van der Waals surface area contributed by atoms with E-state index in [-0.39, 0.29) is 12.6 Å². The minimum absolute atomic E-state index is 0.0662. The zero-order valence-electron chi connectivity index (χ0n) is 13.3. The van der Waals surface area contributed by atoms with Crippen LogP contribution in [0, 0.1) is 0 Å². The van der Waals surface area contributed by atoms with Gasteiger partial charge in [-0.2, -0.15) is 0 Å². The number of carboxylic acid groups (broad SMARTS) is 1. The van der Waals surface area contributed by atoms with Gasteiger partial charge in [-0.15, -0.1) is 0 Å². The van der Waals surface area contributed by atoms with E-state index in [1.807, 2.05) is 11.8 Å². The number of carbonyl (C=O) groups is 1. The SMILES string of the molecule is CCN(C)CC(C)OCCOCCN(CC)CC(=O)O. The standard InChI is InChI=1S/C14H30N2O4/c1-5-15(4)11-13(3)20-10-9-19-8-7-16(6-2)12-14(17)18/h13H,5-12H2,1-4H3,(H,17,18). The third-order valence-electron chi connectivity index (χ3n) is 3.10. The highest BCUT2D eigenvalue weighted by Gasteiger charge is 2.07. The van der Waals surface area contributed by atoms with E-state index in [9.17, 15) is 4.79 Å². The Morgan fingerprint density at radius 1 is 1.20 bits per heavy atom. The molecule has 0 amide bonds. The van der Waals surface area contributed by atoms with Crippen molar-refractivity contribution in [2.45, 2.75) is 26.9 Å². The van der Waals surface area contributed by atoms with Gasteiger partial charge in [0.2, 0.25) is 0 Å². The van der Waals surface area contributed by atoms with E-state index in [2.05, 4.69) is 25.8 Å². The Kier molecular flexibility index (Phi) is 11.7. The maximum Gasteiger partial charge on any atom is 0.317 e. The molecule has 6 heteroatoms. The van der Waals surface area contributed by atoms with Crippen molar-refractivity contribution in [2.75, 3.05) is 59.6 Å². The summed E-state index contributed by atoms with van der Waals surface area (Å²) >= 11 is 0. The summed E-state index contributed by atoms with van der Waals surface area (Å²) in [6.07, 6.45) is 0.197. The first-order valence-electron chi connectivity index (χ1n) is 7.31. The fourth-order valence-electron chi connectivity index (χ4n) is 1.76. The second kappa shape index (κ2) is 12.1. The van der Waals surface area contributed by atoms with E-state index in [0.717, 1.165) is 13.1 Å². The van der Waals surface area contributed by atoms with Crippen molar-refractivity contribution in [3.63, 3.8) is 0 Å². The molecule has 0 aliphatic heterocycles. The third kappa shape index (κ3) is 11.2. The van der Waals surface area contributed by atoms with Crippen LogP contribution >= 0.6 is 0 Å². The molecule has 0 saturated carbocycles. The number of ether oxygens (including phenoxy) is 2. The summed E-state index contributed by atoms with van der Waals surface area (Å²) < 4.78 is 11.1. The number of aliphatic carboxylic acids is 1. The smallest absolute Gasteiger partial charge is 0.317 e. The fourth-order valence-corrected chi connectivity index (χ4v) is 1.76. The van der Waals surface area contributed by atoms with Gasteiger partial charge in [-0.1, -0.05) is 13.8 Å². The van der Waals surface area contributed by atoms with Crippen molar-refractivity contribution < 1.29 is 19.4 Å². The maximum atomic E-state index is 10.6. The number of likely N-dealkylation sites (N-methyl/N-ethyl adjacent to an activating group) is 2. The Bertz CT molecular complexity index is 251. The summed E-state index contributed by atoms with van der Waals surface area (Å²) in [5.41, 5.74) is 0. The number of hydrogen-bond donors (Lipinski definition) is 1. The van der Waals surface area contributed by atoms with E-state index in [4.69, 9.17) is 14.6 Å². The Balaban J connectivity index is 3.49. The van der Waals surface area contributed by atoms with Crippen molar-refractivity contribution in [1.29, 1.82) is 0 Å². The molecule has 0 aliphatic carbocycles. The largest absolute Gasteiger partial charge is 0.480 e. The molecule has 0 saturated heterocycles. The summed E-state index contributed by atoms with van der Waals surface area (Å²) in [7, 11) is 2.07. The lowest BCUT2D eigenvalue weighted by Crippen LogP contribution is -2.33. The summed E-state index contributed by atoms with van der Waals surface area (Å²) in [5.74, 6) is -0.802. The van der Waals surface area contributed by atoms with Crippen LogP contribution in [0.5, 0.6) is 0 Å². The normalized spacial score (nSPS) is 13.1. The zero-order chi connectivity index (χ0) is 15.4. The topological polar surface area (TPSA) is 62.2 Å². The van der Waals surface area contributed by atoms with Crippen molar-refractivity contribution in [3.05, 3.63) is 0 Å². The second-order valence-electron chi connectivity index (χ2n) is 4.91. The minimum atomic E-state index is -0.802. The number of hydrogen-bond acceptors (Lipinski definition) is 5. The van der Waals surface area contributed by atoms with Crippen LogP contribution in [0.1, 0.15) is 20.8 Å². The average Bonchev–Trinajstić information content (AvgIpc) is 2.40. The quantitative estimate of drug-likeness (QED) is 0.506. The lowest BCUT2D eigenvalue weighted by Gasteiger charge is -2.20. The van der Waals surface area contributed by atoms with Crippen LogP contribution in [-0.2, 0) is 14.3 Å². The Labute approximate surface area is 122 Å². The predicted octanol–water partition coefficient (Wildman–Crippen LogP) is 0.766. The molecule has 0 aromatic heterocycles. The maximum absolute atomic E-state index is 10.6. The van der Waals surface area contributed by atoms with E-state index in [0.29, 0.717) is 32.9 Å². The molecule has 0 aromatic carbocycles. The van der Waals surface area contributed by atoms with Crippen LogP contribution in [0.4, 0.5) is 0 Å². The molecule has 0 aliphatic rings. The Hall–Kier alpha value is -0.690. The van der Waals surface area contributed by atoms with Gasteiger partial charge in [0, 0.05) is 13.1 Å². The van der Waals surface area contributed by atoms with Gasteiger partial charge >= 0.3 is 5.97 Å². The molecule has 0 radical (unpaired) electrons. The van der Waals surface area contributed by atoms with Gasteiger partial charge in [-0.05, 0) is 27.1 Å². The third-order valence-corrected chi connectivity index (χ3v) is 3.10. The molecular weight excluding hydrogens is 260 g/mol. The van der Waals surface area contributed by atoms with Gasteiger partial charge in [-0.3, -0.25) is 9.69 Å². The highest BCUT2D eigenvalue weighted by Crippen LogP contribution is 1.94. The molecule has 0 spiro atoms. The molecule has 0 aromatic rings. The van der Waals surface area contributed by atoms with E-state index < -0.39 is 5.97 Å². The van der Waals surface area contributed by atoms with Crippen molar-refractivity contribution in [3.8, 4) is 0 Å². The predicted molar refractivity (Wildman–Crippen MR) is 79.2 cm³/mol. The summed E-state index contributed by atoms with van der Waals surface area (Å²) in [4.78, 5) is 14.6. The molecule has 0 bridgehead atoms. The van der Waals surface area contributed by atoms with Crippen molar-refractivity contribution >= 4 is 5.97 Å². The van der Waals surface area contributed by atoms with Crippen molar-refractivity contribution in [2.24, 2.45) is 0 Å². The molecular formula is C14H30N2O4. The van der Waals surface area contributed by atoms with Crippen LogP contribution < -0.4 is 0 Å². The first kappa shape index (κ1) is 19.3. The molecule has 1 atom stereocenters. The monoisotopic (exact) mass is 290 g/mol. The average molecular weight is 290 g/mol. The Morgan fingerprint density at radius 3 is 2.45 bits per heavy atom. The summed E-state index contributed by atoms with van der Waals surface area (Å²) in [6, 6.07) is 0. The number of rotatable bonds is 13. The highest BCUT2D eigenvalue weighted by molar-refractivity contribution is 5.69. The van der Waals surface area contributed by atoms with Crippen LogP contribution in [-0.4, -0.2) is 86.6 Å². The number of nitrogens with zero attached hydrogens (tertiary/aromatic N) is 2. The van der Waals surface area contributed by atoms with Gasteiger partial charge in [0.25, 0.3) is 0 Å². The van der Waals surface area contributed by atoms with Gasteiger partial charge in [-0.25, -0.2) is 0 Å². The van der Waals surface area contributed by atoms with Crippen LogP contribution in [0.3, 0.4) is 0 Å². The summed E-state index contributed by atoms with van der Waals surface area (Å²) in [6.45, 7) is 11.1. The van der Waals surface area contributed by atoms with E-state index >= 15 is 0 Å². The molecule has 0 heterocycles. The molecule has 1 N–H and O–H groups in total. The highest BCUT2D eigenvalue weighted by atomic mass is 16.5. The summed E-state index contributed by atoms with van der Waals surface area (Å²) in [5, 5.41) is 8.70. The van der Waals surface area contributed by atoms with Gasteiger partial charge in [0.1, 0.15) is 0 Å². The van der Waals surface area contributed by atoms with E-state index in [1.54, 1.807) is 0 Å². The zero-order valence-corrected chi connectivity index (χ0v) is 13.3. The van der Waals surface area contributed by atoms with Gasteiger partial charge in [0.05, 0.1) is 32.5 Å². The minimum Gasteiger partial charge on any atom is -0.480 e. The molecule has 120 valence electrons. The lowest BCUT2D eigenvalue weighted by atomic mass is 10.4. The van der Waals surface area contributed by atoms with Gasteiger partial charge in [0.15, 0.2) is 0 Å². The molecule has 1 unspecified atom stereocenters. The van der Waals surface area contributed by atoms with E-state index in [1.165, 1.54) is 0 Å². The first-order valence-corrected chi connectivity index (χ1v) is 7.31. The molecule has 20 heavy (non-hydrogen) atoms.